The molecular formula is C23H29NO2. The lowest BCUT2D eigenvalue weighted by Gasteiger charge is -2.43. The second kappa shape index (κ2) is 7.81. The molecule has 0 spiro atoms. The number of rotatable bonds is 4. The third-order valence-corrected chi connectivity index (χ3v) is 6.06. The van der Waals surface area contributed by atoms with Gasteiger partial charge in [-0.15, -0.1) is 0 Å². The maximum Gasteiger partial charge on any atom is 0.119 e. The van der Waals surface area contributed by atoms with E-state index in [1.165, 1.54) is 30.4 Å². The van der Waals surface area contributed by atoms with Crippen molar-refractivity contribution < 1.29 is 9.47 Å². The van der Waals surface area contributed by atoms with Gasteiger partial charge in [-0.05, 0) is 36.1 Å². The summed E-state index contributed by atoms with van der Waals surface area (Å²) in [5.74, 6) is 1.46. The lowest BCUT2D eigenvalue weighted by molar-refractivity contribution is -0.101. The molecule has 26 heavy (non-hydrogen) atoms. The molecule has 1 heterocycles. The average Bonchev–Trinajstić information content (AvgIpc) is 2.88. The van der Waals surface area contributed by atoms with Gasteiger partial charge in [-0.25, -0.2) is 0 Å². The average molecular weight is 351 g/mol. The standard InChI is InChI=1S/C23H29NO2/c1-25-22-12-7-11-20(16-22)23-13-6-5-10-21(23)18-24(14-15-26-23)17-19-8-3-2-4-9-19/h2-4,7-9,11-12,16,21H,5-6,10,13-15,17-18H2,1H3. The Hall–Kier alpha value is -1.84. The number of nitrogens with zero attached hydrogens (tertiary/aromatic N) is 1. The van der Waals surface area contributed by atoms with Crippen LogP contribution >= 0.6 is 0 Å². The largest absolute Gasteiger partial charge is 0.497 e. The lowest BCUT2D eigenvalue weighted by atomic mass is 9.71. The van der Waals surface area contributed by atoms with E-state index in [4.69, 9.17) is 9.47 Å². The topological polar surface area (TPSA) is 21.7 Å². The molecule has 0 amide bonds. The second-order valence-corrected chi connectivity index (χ2v) is 7.63. The summed E-state index contributed by atoms with van der Waals surface area (Å²) in [4.78, 5) is 2.58. The second-order valence-electron chi connectivity index (χ2n) is 7.63. The van der Waals surface area contributed by atoms with Gasteiger partial charge in [0, 0.05) is 25.6 Å². The lowest BCUT2D eigenvalue weighted by Crippen LogP contribution is -2.43. The van der Waals surface area contributed by atoms with Gasteiger partial charge < -0.3 is 9.47 Å². The Morgan fingerprint density at radius 2 is 2.00 bits per heavy atom. The van der Waals surface area contributed by atoms with Crippen LogP contribution in [0.25, 0.3) is 0 Å². The van der Waals surface area contributed by atoms with Crippen molar-refractivity contribution in [1.82, 2.24) is 4.90 Å². The molecule has 3 nitrogen and oxygen atoms in total. The van der Waals surface area contributed by atoms with E-state index >= 15 is 0 Å². The summed E-state index contributed by atoms with van der Waals surface area (Å²) in [6.45, 7) is 3.90. The van der Waals surface area contributed by atoms with Crippen molar-refractivity contribution in [2.45, 2.75) is 37.8 Å². The Bertz CT molecular complexity index is 717. The van der Waals surface area contributed by atoms with E-state index in [-0.39, 0.29) is 5.60 Å². The van der Waals surface area contributed by atoms with E-state index in [1.54, 1.807) is 7.11 Å². The van der Waals surface area contributed by atoms with E-state index in [0.29, 0.717) is 5.92 Å². The van der Waals surface area contributed by atoms with E-state index in [0.717, 1.165) is 38.4 Å². The van der Waals surface area contributed by atoms with Crippen LogP contribution in [0.5, 0.6) is 5.75 Å². The van der Waals surface area contributed by atoms with Crippen LogP contribution < -0.4 is 4.74 Å². The van der Waals surface area contributed by atoms with E-state index < -0.39 is 0 Å². The fourth-order valence-corrected chi connectivity index (χ4v) is 4.74. The number of fused-ring (bicyclic) bond motifs is 1. The molecule has 4 rings (SSSR count). The van der Waals surface area contributed by atoms with E-state index in [2.05, 4.69) is 53.4 Å². The molecule has 2 aromatic carbocycles. The minimum atomic E-state index is -0.155. The molecule has 2 aromatic rings. The predicted octanol–water partition coefficient (Wildman–Crippen LogP) is 4.61. The van der Waals surface area contributed by atoms with Crippen molar-refractivity contribution >= 4 is 0 Å². The quantitative estimate of drug-likeness (QED) is 0.803. The molecule has 1 saturated carbocycles. The van der Waals surface area contributed by atoms with Gasteiger partial charge in [0.15, 0.2) is 0 Å². The molecule has 1 aliphatic heterocycles. The first-order valence-electron chi connectivity index (χ1n) is 9.85. The van der Waals surface area contributed by atoms with Gasteiger partial charge in [-0.1, -0.05) is 55.3 Å². The van der Waals surface area contributed by atoms with Crippen molar-refractivity contribution in [2.24, 2.45) is 5.92 Å². The highest BCUT2D eigenvalue weighted by Crippen LogP contribution is 2.47. The third kappa shape index (κ3) is 3.51. The molecule has 1 saturated heterocycles. The number of hydrogen-bond donors (Lipinski definition) is 0. The van der Waals surface area contributed by atoms with Crippen LogP contribution in [0.1, 0.15) is 36.8 Å². The minimum Gasteiger partial charge on any atom is -0.497 e. The smallest absolute Gasteiger partial charge is 0.119 e. The van der Waals surface area contributed by atoms with Crippen molar-refractivity contribution in [3.05, 3.63) is 65.7 Å². The Morgan fingerprint density at radius 1 is 1.12 bits per heavy atom. The number of ether oxygens (including phenoxy) is 2. The molecule has 2 fully saturated rings. The fourth-order valence-electron chi connectivity index (χ4n) is 4.74. The maximum absolute atomic E-state index is 6.65. The van der Waals surface area contributed by atoms with E-state index in [9.17, 15) is 0 Å². The molecule has 0 aromatic heterocycles. The summed E-state index contributed by atoms with van der Waals surface area (Å²) in [5, 5.41) is 0. The van der Waals surface area contributed by atoms with Crippen molar-refractivity contribution in [2.75, 3.05) is 26.8 Å². The Balaban J connectivity index is 1.60. The van der Waals surface area contributed by atoms with Gasteiger partial charge in [-0.3, -0.25) is 4.90 Å². The van der Waals surface area contributed by atoms with Crippen LogP contribution in [0.3, 0.4) is 0 Å². The molecule has 0 N–H and O–H groups in total. The fraction of sp³-hybridized carbons (Fsp3) is 0.478. The highest BCUT2D eigenvalue weighted by Gasteiger charge is 2.45. The van der Waals surface area contributed by atoms with E-state index in [1.807, 2.05) is 6.07 Å². The molecule has 0 bridgehead atoms. The van der Waals surface area contributed by atoms with Crippen molar-refractivity contribution in [3.8, 4) is 5.75 Å². The summed E-state index contributed by atoms with van der Waals surface area (Å²) in [6.07, 6.45) is 4.90. The van der Waals surface area contributed by atoms with Gasteiger partial charge in [0.05, 0.1) is 19.3 Å². The summed E-state index contributed by atoms with van der Waals surface area (Å²) < 4.78 is 12.1. The highest BCUT2D eigenvalue weighted by molar-refractivity contribution is 5.34. The van der Waals surface area contributed by atoms with Crippen molar-refractivity contribution in [3.63, 3.8) is 0 Å². The zero-order valence-corrected chi connectivity index (χ0v) is 15.7. The molecule has 3 heteroatoms. The molecule has 0 radical (unpaired) electrons. The summed E-state index contributed by atoms with van der Waals surface area (Å²) in [5.41, 5.74) is 2.53. The van der Waals surface area contributed by atoms with Gasteiger partial charge in [0.25, 0.3) is 0 Å². The maximum atomic E-state index is 6.65. The van der Waals surface area contributed by atoms with Crippen LogP contribution in [0, 0.1) is 5.92 Å². The zero-order valence-electron chi connectivity index (χ0n) is 15.7. The molecule has 1 aliphatic carbocycles. The molecular weight excluding hydrogens is 322 g/mol. The predicted molar refractivity (Wildman–Crippen MR) is 104 cm³/mol. The van der Waals surface area contributed by atoms with Crippen LogP contribution in [0.15, 0.2) is 54.6 Å². The summed E-state index contributed by atoms with van der Waals surface area (Å²) >= 11 is 0. The molecule has 2 aliphatic rings. The van der Waals surface area contributed by atoms with Gasteiger partial charge in [-0.2, -0.15) is 0 Å². The summed E-state index contributed by atoms with van der Waals surface area (Å²) in [6, 6.07) is 19.3. The Morgan fingerprint density at radius 3 is 2.85 bits per heavy atom. The number of hydrogen-bond acceptors (Lipinski definition) is 3. The minimum absolute atomic E-state index is 0.155. The summed E-state index contributed by atoms with van der Waals surface area (Å²) in [7, 11) is 1.74. The highest BCUT2D eigenvalue weighted by atomic mass is 16.5. The first kappa shape index (κ1) is 17.6. The monoisotopic (exact) mass is 351 g/mol. The number of benzene rings is 2. The van der Waals surface area contributed by atoms with Crippen LogP contribution in [-0.4, -0.2) is 31.7 Å². The first-order chi connectivity index (χ1) is 12.8. The van der Waals surface area contributed by atoms with Crippen LogP contribution in [0.2, 0.25) is 0 Å². The first-order valence-corrected chi connectivity index (χ1v) is 9.85. The molecule has 2 unspecified atom stereocenters. The van der Waals surface area contributed by atoms with Gasteiger partial charge in [0.1, 0.15) is 5.75 Å². The SMILES string of the molecule is COc1cccc(C23CCCCC2CN(Cc2ccccc2)CCO3)c1. The molecule has 138 valence electrons. The zero-order chi connectivity index (χ0) is 17.8. The van der Waals surface area contributed by atoms with Crippen molar-refractivity contribution in [1.29, 1.82) is 0 Å². The third-order valence-electron chi connectivity index (χ3n) is 6.06. The van der Waals surface area contributed by atoms with Gasteiger partial charge >= 0.3 is 0 Å². The normalized spacial score (nSPS) is 26.7. The van der Waals surface area contributed by atoms with Crippen LogP contribution in [0.4, 0.5) is 0 Å². The molecule has 2 atom stereocenters. The Kier molecular flexibility index (Phi) is 5.28. The Labute approximate surface area is 156 Å². The van der Waals surface area contributed by atoms with Gasteiger partial charge in [0.2, 0.25) is 0 Å². The number of methoxy groups -OCH3 is 1. The van der Waals surface area contributed by atoms with Crippen LogP contribution in [-0.2, 0) is 16.9 Å².